The lowest BCUT2D eigenvalue weighted by Crippen LogP contribution is -2.40. The second kappa shape index (κ2) is 6.65. The number of aryl methyl sites for hydroxylation is 4. The number of carbonyl (C=O) groups is 1. The van der Waals surface area contributed by atoms with Crippen molar-refractivity contribution in [2.45, 2.75) is 66.0 Å². The Morgan fingerprint density at radius 1 is 1.28 bits per heavy atom. The molecular weight excluding hydrogens is 314 g/mol. The van der Waals surface area contributed by atoms with Crippen LogP contribution in [0.15, 0.2) is 6.07 Å². The molecule has 0 bridgehead atoms. The van der Waals surface area contributed by atoms with Gasteiger partial charge >= 0.3 is 0 Å². The molecular formula is C19H29N5O. The molecule has 1 saturated heterocycles. The average Bonchev–Trinajstić information content (AvgIpc) is 3.19. The average molecular weight is 343 g/mol. The Morgan fingerprint density at radius 2 is 2.00 bits per heavy atom. The van der Waals surface area contributed by atoms with E-state index in [1.807, 2.05) is 44.1 Å². The van der Waals surface area contributed by atoms with Crippen molar-refractivity contribution in [1.29, 1.82) is 0 Å². The fourth-order valence-electron chi connectivity index (χ4n) is 4.16. The molecule has 0 spiro atoms. The molecule has 0 aliphatic carbocycles. The van der Waals surface area contributed by atoms with Gasteiger partial charge in [-0.25, -0.2) is 0 Å². The molecule has 1 amide bonds. The summed E-state index contributed by atoms with van der Waals surface area (Å²) in [6.07, 6.45) is 2.11. The number of likely N-dealkylation sites (tertiary alicyclic amines) is 1. The van der Waals surface area contributed by atoms with Crippen LogP contribution in [0.5, 0.6) is 0 Å². The minimum absolute atomic E-state index is 0.158. The van der Waals surface area contributed by atoms with Crippen LogP contribution >= 0.6 is 0 Å². The Kier molecular flexibility index (Phi) is 4.71. The molecule has 0 N–H and O–H groups in total. The number of hydrogen-bond acceptors (Lipinski definition) is 3. The van der Waals surface area contributed by atoms with Crippen LogP contribution in [-0.2, 0) is 18.4 Å². The molecule has 1 aliphatic rings. The third-order valence-electron chi connectivity index (χ3n) is 5.52. The first-order valence-corrected chi connectivity index (χ1v) is 9.11. The van der Waals surface area contributed by atoms with E-state index in [2.05, 4.69) is 28.1 Å². The Labute approximate surface area is 149 Å². The van der Waals surface area contributed by atoms with Gasteiger partial charge in [0.25, 0.3) is 0 Å². The van der Waals surface area contributed by atoms with Crippen molar-refractivity contribution in [2.75, 3.05) is 6.54 Å². The van der Waals surface area contributed by atoms with Gasteiger partial charge in [-0.1, -0.05) is 0 Å². The summed E-state index contributed by atoms with van der Waals surface area (Å²) in [7, 11) is 1.94. The first-order valence-electron chi connectivity index (χ1n) is 9.11. The summed E-state index contributed by atoms with van der Waals surface area (Å²) < 4.78 is 3.91. The zero-order chi connectivity index (χ0) is 18.3. The zero-order valence-electron chi connectivity index (χ0n) is 16.2. The minimum Gasteiger partial charge on any atom is -0.337 e. The van der Waals surface area contributed by atoms with Gasteiger partial charge in [-0.3, -0.25) is 14.2 Å². The minimum atomic E-state index is -0.158. The molecule has 136 valence electrons. The maximum atomic E-state index is 13.2. The standard InChI is InChI=1S/C19H29N5O/c1-12-10-13(2)24(20-12)11-17-8-7-9-23(17)19(25)14(3)18-15(4)21-22(6)16(18)5/h10,14,17H,7-9,11H2,1-6H3/t14-,17-/m1/s1. The SMILES string of the molecule is Cc1cc(C)n(C[C@H]2CCCN2C(=O)[C@H](C)c2c(C)nn(C)c2C)n1. The summed E-state index contributed by atoms with van der Waals surface area (Å²) in [6.45, 7) is 11.7. The van der Waals surface area contributed by atoms with E-state index in [0.717, 1.165) is 54.3 Å². The second-order valence-electron chi connectivity index (χ2n) is 7.37. The highest BCUT2D eigenvalue weighted by Crippen LogP contribution is 2.29. The molecule has 0 saturated carbocycles. The number of carbonyl (C=O) groups excluding carboxylic acids is 1. The molecule has 3 heterocycles. The molecule has 2 aromatic heterocycles. The van der Waals surface area contributed by atoms with Gasteiger partial charge in [0.05, 0.1) is 29.9 Å². The quantitative estimate of drug-likeness (QED) is 0.857. The second-order valence-corrected chi connectivity index (χ2v) is 7.37. The van der Waals surface area contributed by atoms with Crippen LogP contribution in [0.4, 0.5) is 0 Å². The van der Waals surface area contributed by atoms with Gasteiger partial charge in [0.1, 0.15) is 0 Å². The number of rotatable bonds is 4. The summed E-state index contributed by atoms with van der Waals surface area (Å²) in [5.74, 6) is 0.0537. The van der Waals surface area contributed by atoms with E-state index in [1.165, 1.54) is 0 Å². The van der Waals surface area contributed by atoms with Crippen molar-refractivity contribution < 1.29 is 4.79 Å². The van der Waals surface area contributed by atoms with Crippen LogP contribution in [0.1, 0.15) is 54.0 Å². The third kappa shape index (κ3) is 3.22. The van der Waals surface area contributed by atoms with E-state index in [-0.39, 0.29) is 17.9 Å². The van der Waals surface area contributed by atoms with Crippen molar-refractivity contribution in [1.82, 2.24) is 24.5 Å². The van der Waals surface area contributed by atoms with Crippen LogP contribution < -0.4 is 0 Å². The molecule has 1 fully saturated rings. The third-order valence-corrected chi connectivity index (χ3v) is 5.52. The molecule has 3 rings (SSSR count). The Morgan fingerprint density at radius 3 is 2.56 bits per heavy atom. The summed E-state index contributed by atoms with van der Waals surface area (Å²) in [4.78, 5) is 15.3. The van der Waals surface area contributed by atoms with Crippen LogP contribution in [0, 0.1) is 27.7 Å². The van der Waals surface area contributed by atoms with Gasteiger partial charge < -0.3 is 4.90 Å². The highest BCUT2D eigenvalue weighted by Gasteiger charge is 2.34. The Hall–Kier alpha value is -2.11. The van der Waals surface area contributed by atoms with Crippen molar-refractivity contribution in [3.8, 4) is 0 Å². The normalized spacial score (nSPS) is 18.8. The Balaban J connectivity index is 1.79. The van der Waals surface area contributed by atoms with Gasteiger partial charge in [0.2, 0.25) is 5.91 Å². The van der Waals surface area contributed by atoms with E-state index in [0.29, 0.717) is 0 Å². The van der Waals surface area contributed by atoms with E-state index < -0.39 is 0 Å². The first kappa shape index (κ1) is 17.7. The van der Waals surface area contributed by atoms with Gasteiger partial charge in [0.15, 0.2) is 0 Å². The fraction of sp³-hybridized carbons (Fsp3) is 0.632. The van der Waals surface area contributed by atoms with Gasteiger partial charge in [-0.15, -0.1) is 0 Å². The molecule has 25 heavy (non-hydrogen) atoms. The molecule has 0 unspecified atom stereocenters. The van der Waals surface area contributed by atoms with E-state index in [1.54, 1.807) is 0 Å². The van der Waals surface area contributed by atoms with Crippen molar-refractivity contribution in [2.24, 2.45) is 7.05 Å². The largest absolute Gasteiger partial charge is 0.337 e. The fourth-order valence-corrected chi connectivity index (χ4v) is 4.16. The maximum Gasteiger partial charge on any atom is 0.230 e. The number of aromatic nitrogens is 4. The van der Waals surface area contributed by atoms with Crippen LogP contribution in [0.3, 0.4) is 0 Å². The molecule has 0 aromatic carbocycles. The molecule has 1 aliphatic heterocycles. The van der Waals surface area contributed by atoms with Crippen molar-refractivity contribution >= 4 is 5.91 Å². The van der Waals surface area contributed by atoms with Crippen molar-refractivity contribution in [3.63, 3.8) is 0 Å². The lowest BCUT2D eigenvalue weighted by atomic mass is 9.97. The molecule has 0 radical (unpaired) electrons. The highest BCUT2D eigenvalue weighted by molar-refractivity contribution is 5.84. The van der Waals surface area contributed by atoms with E-state index in [4.69, 9.17) is 0 Å². The number of hydrogen-bond donors (Lipinski definition) is 0. The monoisotopic (exact) mass is 343 g/mol. The lowest BCUT2D eigenvalue weighted by Gasteiger charge is -2.28. The highest BCUT2D eigenvalue weighted by atomic mass is 16.2. The number of nitrogens with zero attached hydrogens (tertiary/aromatic N) is 5. The predicted molar refractivity (Wildman–Crippen MR) is 97.5 cm³/mol. The van der Waals surface area contributed by atoms with Crippen LogP contribution in [-0.4, -0.2) is 43.0 Å². The summed E-state index contributed by atoms with van der Waals surface area (Å²) in [6, 6.07) is 2.32. The topological polar surface area (TPSA) is 56.0 Å². The molecule has 6 heteroatoms. The van der Waals surface area contributed by atoms with Gasteiger partial charge in [-0.2, -0.15) is 10.2 Å². The zero-order valence-corrected chi connectivity index (χ0v) is 16.2. The molecule has 6 nitrogen and oxygen atoms in total. The van der Waals surface area contributed by atoms with Crippen LogP contribution in [0.2, 0.25) is 0 Å². The summed E-state index contributed by atoms with van der Waals surface area (Å²) in [5.41, 5.74) is 5.29. The molecule has 2 aromatic rings. The smallest absolute Gasteiger partial charge is 0.230 e. The van der Waals surface area contributed by atoms with E-state index >= 15 is 0 Å². The summed E-state index contributed by atoms with van der Waals surface area (Å²) >= 11 is 0. The maximum absolute atomic E-state index is 13.2. The lowest BCUT2D eigenvalue weighted by molar-refractivity contribution is -0.133. The first-order chi connectivity index (χ1) is 11.8. The van der Waals surface area contributed by atoms with Gasteiger partial charge in [-0.05, 0) is 53.5 Å². The van der Waals surface area contributed by atoms with Crippen molar-refractivity contribution in [3.05, 3.63) is 34.4 Å². The predicted octanol–water partition coefficient (Wildman–Crippen LogP) is 2.64. The summed E-state index contributed by atoms with van der Waals surface area (Å²) in [5, 5.41) is 9.04. The Bertz CT molecular complexity index is 788. The van der Waals surface area contributed by atoms with E-state index in [9.17, 15) is 4.79 Å². The molecule has 2 atom stereocenters. The van der Waals surface area contributed by atoms with Crippen LogP contribution in [0.25, 0.3) is 0 Å². The number of amides is 1. The van der Waals surface area contributed by atoms with Gasteiger partial charge in [0, 0.05) is 30.5 Å².